The van der Waals surface area contributed by atoms with Crippen molar-refractivity contribution < 1.29 is 9.26 Å². The van der Waals surface area contributed by atoms with Gasteiger partial charge in [0, 0.05) is 19.0 Å². The fourth-order valence-corrected chi connectivity index (χ4v) is 1.99. The summed E-state index contributed by atoms with van der Waals surface area (Å²) in [6.07, 6.45) is 1.13. The lowest BCUT2D eigenvalue weighted by Gasteiger charge is -2.30. The molecule has 0 bridgehead atoms. The predicted octanol–water partition coefficient (Wildman–Crippen LogP) is 1.98. The topological polar surface area (TPSA) is 51.4 Å². The zero-order chi connectivity index (χ0) is 12.3. The van der Waals surface area contributed by atoms with Crippen LogP contribution in [0, 0.1) is 0 Å². The van der Waals surface area contributed by atoms with Crippen LogP contribution in [0.5, 0.6) is 0 Å². The van der Waals surface area contributed by atoms with Crippen LogP contribution in [0.3, 0.4) is 0 Å². The van der Waals surface area contributed by atoms with E-state index < -0.39 is 0 Å². The van der Waals surface area contributed by atoms with Crippen LogP contribution >= 0.6 is 0 Å². The summed E-state index contributed by atoms with van der Waals surface area (Å²) in [5, 5.41) is 4.02. The molecule has 1 aromatic heterocycles. The van der Waals surface area contributed by atoms with Crippen molar-refractivity contribution >= 4 is 0 Å². The molecule has 1 fully saturated rings. The third-order valence-corrected chi connectivity index (χ3v) is 2.93. The first-order chi connectivity index (χ1) is 8.20. The van der Waals surface area contributed by atoms with Gasteiger partial charge in [0.15, 0.2) is 0 Å². The monoisotopic (exact) mass is 239 g/mol. The normalized spacial score (nSPS) is 22.2. The fourth-order valence-electron chi connectivity index (χ4n) is 1.99. The van der Waals surface area contributed by atoms with Crippen molar-refractivity contribution in [2.45, 2.75) is 39.2 Å². The minimum Gasteiger partial charge on any atom is -0.367 e. The Bertz CT molecular complexity index is 349. The highest BCUT2D eigenvalue weighted by Gasteiger charge is 2.26. The van der Waals surface area contributed by atoms with Gasteiger partial charge in [-0.2, -0.15) is 4.98 Å². The van der Waals surface area contributed by atoms with Crippen molar-refractivity contribution in [3.05, 3.63) is 11.7 Å². The van der Waals surface area contributed by atoms with E-state index in [0.717, 1.165) is 32.7 Å². The number of ether oxygens (including phenoxy) is 1. The molecule has 0 saturated carbocycles. The van der Waals surface area contributed by atoms with Crippen molar-refractivity contribution in [1.82, 2.24) is 15.0 Å². The second kappa shape index (κ2) is 5.60. The predicted molar refractivity (Wildman–Crippen MR) is 63.8 cm³/mol. The molecule has 0 N–H and O–H groups in total. The van der Waals surface area contributed by atoms with Gasteiger partial charge in [-0.1, -0.05) is 25.9 Å². The Hall–Kier alpha value is -0.940. The molecule has 0 aliphatic carbocycles. The van der Waals surface area contributed by atoms with E-state index in [4.69, 9.17) is 9.26 Å². The Morgan fingerprint density at radius 2 is 2.29 bits per heavy atom. The summed E-state index contributed by atoms with van der Waals surface area (Å²) in [7, 11) is 0. The second-order valence-corrected chi connectivity index (χ2v) is 4.81. The summed E-state index contributed by atoms with van der Waals surface area (Å²) in [5.41, 5.74) is 0. The van der Waals surface area contributed by atoms with Crippen molar-refractivity contribution in [1.29, 1.82) is 0 Å². The van der Waals surface area contributed by atoms with E-state index >= 15 is 0 Å². The summed E-state index contributed by atoms with van der Waals surface area (Å²) in [6, 6.07) is 0. The number of rotatable bonds is 4. The Morgan fingerprint density at radius 3 is 2.94 bits per heavy atom. The van der Waals surface area contributed by atoms with Gasteiger partial charge < -0.3 is 9.26 Å². The smallest absolute Gasteiger partial charge is 0.229 e. The third-order valence-electron chi connectivity index (χ3n) is 2.93. The summed E-state index contributed by atoms with van der Waals surface area (Å²) in [4.78, 5) is 6.79. The zero-order valence-corrected chi connectivity index (χ0v) is 10.8. The highest BCUT2D eigenvalue weighted by molar-refractivity contribution is 4.96. The average Bonchev–Trinajstić information content (AvgIpc) is 2.79. The van der Waals surface area contributed by atoms with E-state index in [2.05, 4.69) is 22.0 Å². The van der Waals surface area contributed by atoms with E-state index in [9.17, 15) is 0 Å². The van der Waals surface area contributed by atoms with Gasteiger partial charge in [-0.15, -0.1) is 0 Å². The third kappa shape index (κ3) is 3.04. The van der Waals surface area contributed by atoms with Crippen molar-refractivity contribution in [3.8, 4) is 0 Å². The van der Waals surface area contributed by atoms with Gasteiger partial charge in [-0.05, 0) is 13.0 Å². The van der Waals surface area contributed by atoms with Crippen LogP contribution < -0.4 is 0 Å². The lowest BCUT2D eigenvalue weighted by molar-refractivity contribution is -0.0350. The molecule has 2 heterocycles. The second-order valence-electron chi connectivity index (χ2n) is 4.81. The lowest BCUT2D eigenvalue weighted by Crippen LogP contribution is -2.39. The van der Waals surface area contributed by atoms with Crippen molar-refractivity contribution in [2.75, 3.05) is 26.2 Å². The molecule has 5 nitrogen and oxygen atoms in total. The quantitative estimate of drug-likeness (QED) is 0.804. The molecule has 1 unspecified atom stereocenters. The summed E-state index contributed by atoms with van der Waals surface area (Å²) >= 11 is 0. The SMILES string of the molecule is CCCN1CCOC(c2noc(C(C)C)n2)C1. The molecule has 0 amide bonds. The molecule has 0 spiro atoms. The molecule has 96 valence electrons. The van der Waals surface area contributed by atoms with Crippen LogP contribution in [-0.4, -0.2) is 41.3 Å². The molecule has 5 heteroatoms. The fraction of sp³-hybridized carbons (Fsp3) is 0.833. The molecule has 17 heavy (non-hydrogen) atoms. The first-order valence-electron chi connectivity index (χ1n) is 6.38. The maximum atomic E-state index is 5.71. The Balaban J connectivity index is 2.00. The molecule has 2 rings (SSSR count). The molecular weight excluding hydrogens is 218 g/mol. The maximum Gasteiger partial charge on any atom is 0.229 e. The standard InChI is InChI=1S/C12H21N3O2/c1-4-5-15-6-7-16-10(8-15)11-13-12(9(2)3)17-14-11/h9-10H,4-8H2,1-3H3. The van der Waals surface area contributed by atoms with Gasteiger partial charge in [0.05, 0.1) is 6.61 Å². The minimum atomic E-state index is -0.0356. The zero-order valence-electron chi connectivity index (χ0n) is 10.8. The lowest BCUT2D eigenvalue weighted by atomic mass is 10.2. The van der Waals surface area contributed by atoms with Crippen LogP contribution in [0.2, 0.25) is 0 Å². The maximum absolute atomic E-state index is 5.71. The van der Waals surface area contributed by atoms with Gasteiger partial charge in [0.25, 0.3) is 0 Å². The van der Waals surface area contributed by atoms with E-state index in [1.165, 1.54) is 0 Å². The molecule has 0 radical (unpaired) electrons. The Morgan fingerprint density at radius 1 is 1.47 bits per heavy atom. The molecule has 1 aliphatic heterocycles. The number of hydrogen-bond acceptors (Lipinski definition) is 5. The summed E-state index contributed by atoms with van der Waals surface area (Å²) in [6.45, 7) is 10.00. The Labute approximate surface area is 102 Å². The van der Waals surface area contributed by atoms with Crippen LogP contribution in [0.15, 0.2) is 4.52 Å². The number of nitrogens with zero attached hydrogens (tertiary/aromatic N) is 3. The summed E-state index contributed by atoms with van der Waals surface area (Å²) in [5.74, 6) is 1.65. The van der Waals surface area contributed by atoms with Crippen LogP contribution in [0.4, 0.5) is 0 Å². The summed E-state index contributed by atoms with van der Waals surface area (Å²) < 4.78 is 10.9. The van der Waals surface area contributed by atoms with Gasteiger partial charge in [0.2, 0.25) is 11.7 Å². The molecule has 1 saturated heterocycles. The molecular formula is C12H21N3O2. The molecule has 1 aliphatic rings. The number of hydrogen-bond donors (Lipinski definition) is 0. The molecule has 0 aromatic carbocycles. The van der Waals surface area contributed by atoms with Crippen LogP contribution in [0.1, 0.15) is 50.9 Å². The van der Waals surface area contributed by atoms with Gasteiger partial charge in [-0.25, -0.2) is 0 Å². The van der Waals surface area contributed by atoms with Gasteiger partial charge in [0.1, 0.15) is 6.10 Å². The number of morpholine rings is 1. The van der Waals surface area contributed by atoms with E-state index in [-0.39, 0.29) is 12.0 Å². The van der Waals surface area contributed by atoms with E-state index in [0.29, 0.717) is 11.7 Å². The van der Waals surface area contributed by atoms with Gasteiger partial charge in [-0.3, -0.25) is 4.90 Å². The van der Waals surface area contributed by atoms with E-state index in [1.54, 1.807) is 0 Å². The van der Waals surface area contributed by atoms with Gasteiger partial charge >= 0.3 is 0 Å². The van der Waals surface area contributed by atoms with Crippen molar-refractivity contribution in [3.63, 3.8) is 0 Å². The minimum absolute atomic E-state index is 0.0356. The average molecular weight is 239 g/mol. The van der Waals surface area contributed by atoms with Crippen molar-refractivity contribution in [2.24, 2.45) is 0 Å². The first kappa shape index (κ1) is 12.5. The van der Waals surface area contributed by atoms with Crippen LogP contribution in [-0.2, 0) is 4.74 Å². The molecule has 1 aromatic rings. The highest BCUT2D eigenvalue weighted by atomic mass is 16.5. The highest BCUT2D eigenvalue weighted by Crippen LogP contribution is 2.21. The molecule has 1 atom stereocenters. The largest absolute Gasteiger partial charge is 0.367 e. The number of aromatic nitrogens is 2. The Kier molecular flexibility index (Phi) is 4.12. The van der Waals surface area contributed by atoms with E-state index in [1.807, 2.05) is 13.8 Å². The first-order valence-corrected chi connectivity index (χ1v) is 6.38. The van der Waals surface area contributed by atoms with Crippen LogP contribution in [0.25, 0.3) is 0 Å².